The van der Waals surface area contributed by atoms with Crippen LogP contribution in [0.4, 0.5) is 0 Å². The second-order valence-corrected chi connectivity index (χ2v) is 13.3. The predicted octanol–water partition coefficient (Wildman–Crippen LogP) is 3.61. The molecule has 1 aromatic rings. The Balaban J connectivity index is 1.29. The zero-order valence-corrected chi connectivity index (χ0v) is 26.7. The van der Waals surface area contributed by atoms with Crippen molar-refractivity contribution >= 4 is 17.7 Å². The summed E-state index contributed by atoms with van der Waals surface area (Å²) in [6.07, 6.45) is 9.47. The van der Waals surface area contributed by atoms with E-state index in [0.717, 1.165) is 45.3 Å². The molecule has 0 spiro atoms. The summed E-state index contributed by atoms with van der Waals surface area (Å²) in [6, 6.07) is 5.31. The van der Waals surface area contributed by atoms with Gasteiger partial charge in [-0.2, -0.15) is 0 Å². The first-order chi connectivity index (χ1) is 21.5. The summed E-state index contributed by atoms with van der Waals surface area (Å²) < 4.78 is 11.5. The Bertz CT molecular complexity index is 1100. The van der Waals surface area contributed by atoms with Crippen molar-refractivity contribution < 1.29 is 23.9 Å². The normalized spacial score (nSPS) is 27.6. The summed E-state index contributed by atoms with van der Waals surface area (Å²) in [5.41, 5.74) is 0.359. The van der Waals surface area contributed by atoms with Gasteiger partial charge in [0.15, 0.2) is 0 Å². The number of rotatable bonds is 7. The van der Waals surface area contributed by atoms with Crippen LogP contribution in [-0.2, 0) is 14.3 Å². The summed E-state index contributed by atoms with van der Waals surface area (Å²) in [6.45, 7) is 10.2. The number of pyridine rings is 1. The van der Waals surface area contributed by atoms with Crippen LogP contribution in [0.3, 0.4) is 0 Å². The molecule has 5 heterocycles. The SMILES string of the molecule is CCCCCCN1CC[C@H]2CC(=O)N3CC[C@@H](CC(=O)N4CCOCC4)[C@@H](CCOc4cccc(n4)C(=O)NCC[C@H]2C1)C3. The highest BCUT2D eigenvalue weighted by Gasteiger charge is 2.36. The first-order valence-corrected chi connectivity index (χ1v) is 17.2. The van der Waals surface area contributed by atoms with Gasteiger partial charge in [0, 0.05) is 58.2 Å². The zero-order chi connectivity index (χ0) is 30.7. The first kappa shape index (κ1) is 32.7. The number of carbonyl (C=O) groups excluding carboxylic acids is 3. The molecule has 10 nitrogen and oxygen atoms in total. The third-order valence-corrected chi connectivity index (χ3v) is 10.3. The van der Waals surface area contributed by atoms with Gasteiger partial charge in [-0.3, -0.25) is 14.4 Å². The second-order valence-electron chi connectivity index (χ2n) is 13.3. The molecule has 1 N–H and O–H groups in total. The third kappa shape index (κ3) is 9.16. The van der Waals surface area contributed by atoms with Gasteiger partial charge in [0.2, 0.25) is 17.7 Å². The number of amides is 3. The fourth-order valence-corrected chi connectivity index (χ4v) is 7.54. The Morgan fingerprint density at radius 2 is 1.80 bits per heavy atom. The molecule has 3 saturated heterocycles. The number of hydrogen-bond donors (Lipinski definition) is 1. The Kier molecular flexibility index (Phi) is 12.3. The fourth-order valence-electron chi connectivity index (χ4n) is 7.54. The molecule has 0 saturated carbocycles. The maximum Gasteiger partial charge on any atom is 0.270 e. The van der Waals surface area contributed by atoms with Crippen LogP contribution in [-0.4, -0.2) is 110 Å². The summed E-state index contributed by atoms with van der Waals surface area (Å²) in [5.74, 6) is 1.70. The smallest absolute Gasteiger partial charge is 0.270 e. The van der Waals surface area contributed by atoms with Crippen molar-refractivity contribution in [2.45, 2.75) is 71.1 Å². The van der Waals surface area contributed by atoms with E-state index in [9.17, 15) is 14.4 Å². The van der Waals surface area contributed by atoms with Crippen LogP contribution in [0.5, 0.6) is 5.88 Å². The maximum atomic E-state index is 13.8. The molecule has 4 bridgehead atoms. The van der Waals surface area contributed by atoms with Crippen LogP contribution in [0.2, 0.25) is 0 Å². The number of piperidine rings is 2. The van der Waals surface area contributed by atoms with Gasteiger partial charge < -0.3 is 29.5 Å². The summed E-state index contributed by atoms with van der Waals surface area (Å²) in [7, 11) is 0. The summed E-state index contributed by atoms with van der Waals surface area (Å²) in [5, 5.41) is 3.08. The van der Waals surface area contributed by atoms with Crippen molar-refractivity contribution in [3.05, 3.63) is 23.9 Å². The highest BCUT2D eigenvalue weighted by Crippen LogP contribution is 2.34. The van der Waals surface area contributed by atoms with E-state index in [4.69, 9.17) is 9.47 Å². The van der Waals surface area contributed by atoms with Crippen LogP contribution in [0, 0.1) is 23.7 Å². The first-order valence-electron chi connectivity index (χ1n) is 17.2. The fraction of sp³-hybridized carbons (Fsp3) is 0.765. The van der Waals surface area contributed by atoms with Gasteiger partial charge in [0.1, 0.15) is 5.69 Å². The minimum atomic E-state index is -0.191. The van der Waals surface area contributed by atoms with Gasteiger partial charge >= 0.3 is 0 Å². The van der Waals surface area contributed by atoms with Crippen LogP contribution in [0.1, 0.15) is 81.6 Å². The number of nitrogens with one attached hydrogen (secondary N) is 1. The Hall–Kier alpha value is -2.72. The zero-order valence-electron chi connectivity index (χ0n) is 26.7. The molecule has 44 heavy (non-hydrogen) atoms. The van der Waals surface area contributed by atoms with Crippen molar-refractivity contribution in [2.75, 3.05) is 72.2 Å². The van der Waals surface area contributed by atoms with Crippen LogP contribution in [0.15, 0.2) is 18.2 Å². The largest absolute Gasteiger partial charge is 0.478 e. The molecule has 1 aromatic heterocycles. The molecule has 0 aromatic carbocycles. The van der Waals surface area contributed by atoms with E-state index in [1.165, 1.54) is 25.7 Å². The molecule has 0 radical (unpaired) electrons. The van der Waals surface area contributed by atoms with E-state index in [1.807, 2.05) is 11.0 Å². The topological polar surface area (TPSA) is 104 Å². The predicted molar refractivity (Wildman–Crippen MR) is 168 cm³/mol. The molecule has 4 aliphatic heterocycles. The number of likely N-dealkylation sites (tertiary alicyclic amines) is 1. The number of nitrogens with zero attached hydrogens (tertiary/aromatic N) is 4. The van der Waals surface area contributed by atoms with E-state index in [0.29, 0.717) is 88.8 Å². The lowest BCUT2D eigenvalue weighted by Gasteiger charge is -2.42. The Morgan fingerprint density at radius 1 is 0.932 bits per heavy atom. The molecule has 3 amide bonds. The summed E-state index contributed by atoms with van der Waals surface area (Å²) in [4.78, 5) is 51.0. The highest BCUT2D eigenvalue weighted by molar-refractivity contribution is 5.92. The number of carbonyl (C=O) groups is 3. The van der Waals surface area contributed by atoms with Crippen molar-refractivity contribution in [1.29, 1.82) is 0 Å². The maximum absolute atomic E-state index is 13.8. The molecular formula is C34H53N5O5. The Labute approximate surface area is 263 Å². The molecule has 244 valence electrons. The minimum absolute atomic E-state index is 0.167. The van der Waals surface area contributed by atoms with E-state index in [-0.39, 0.29) is 29.6 Å². The molecule has 0 aliphatic carbocycles. The van der Waals surface area contributed by atoms with Gasteiger partial charge in [-0.1, -0.05) is 32.3 Å². The third-order valence-electron chi connectivity index (χ3n) is 10.3. The van der Waals surface area contributed by atoms with E-state index >= 15 is 0 Å². The average molecular weight is 612 g/mol. The standard InChI is InChI=1S/C34H53N5O5/c1-2-3-4-5-14-37-15-10-26-23-33(41)39-16-11-27(22-32(40)38-17-20-43-21-18-38)29(25-39)12-19-44-31-8-6-7-30(36-31)34(42)35-13-9-28(26)24-37/h6-8,26-29H,2-5,9-25H2,1H3,(H,35,42)/t26-,27-,28-,29-/m0/s1. The average Bonchev–Trinajstić information content (AvgIpc) is 3.05. The van der Waals surface area contributed by atoms with E-state index in [1.54, 1.807) is 12.1 Å². The molecule has 4 aliphatic rings. The molecule has 10 heteroatoms. The lowest BCUT2D eigenvalue weighted by Crippen LogP contribution is -2.48. The number of fused-ring (bicyclic) bond motifs is 5. The summed E-state index contributed by atoms with van der Waals surface area (Å²) >= 11 is 0. The molecular weight excluding hydrogens is 558 g/mol. The lowest BCUT2D eigenvalue weighted by atomic mass is 9.79. The van der Waals surface area contributed by atoms with Gasteiger partial charge in [0.05, 0.1) is 19.8 Å². The number of unbranched alkanes of at least 4 members (excludes halogenated alkanes) is 3. The van der Waals surface area contributed by atoms with Crippen molar-refractivity contribution in [3.63, 3.8) is 0 Å². The lowest BCUT2D eigenvalue weighted by molar-refractivity contribution is -0.139. The Morgan fingerprint density at radius 3 is 2.64 bits per heavy atom. The molecule has 4 atom stereocenters. The number of hydrogen-bond acceptors (Lipinski definition) is 7. The van der Waals surface area contributed by atoms with Crippen molar-refractivity contribution in [1.82, 2.24) is 25.0 Å². The minimum Gasteiger partial charge on any atom is -0.478 e. The van der Waals surface area contributed by atoms with Crippen molar-refractivity contribution in [2.24, 2.45) is 23.7 Å². The van der Waals surface area contributed by atoms with Gasteiger partial charge in [0.25, 0.3) is 5.91 Å². The molecule has 0 unspecified atom stereocenters. The quantitative estimate of drug-likeness (QED) is 0.470. The monoisotopic (exact) mass is 611 g/mol. The van der Waals surface area contributed by atoms with E-state index in [2.05, 4.69) is 27.0 Å². The van der Waals surface area contributed by atoms with Gasteiger partial charge in [-0.15, -0.1) is 0 Å². The van der Waals surface area contributed by atoms with Gasteiger partial charge in [-0.05, 0) is 74.9 Å². The van der Waals surface area contributed by atoms with Crippen LogP contribution in [0.25, 0.3) is 0 Å². The molecule has 3 fully saturated rings. The number of morpholine rings is 1. The van der Waals surface area contributed by atoms with Crippen LogP contribution < -0.4 is 10.1 Å². The van der Waals surface area contributed by atoms with Gasteiger partial charge in [-0.25, -0.2) is 4.98 Å². The highest BCUT2D eigenvalue weighted by atomic mass is 16.5. The van der Waals surface area contributed by atoms with E-state index < -0.39 is 0 Å². The second kappa shape index (κ2) is 16.5. The van der Waals surface area contributed by atoms with Crippen molar-refractivity contribution in [3.8, 4) is 5.88 Å². The number of aromatic nitrogens is 1. The number of ether oxygens (including phenoxy) is 2. The van der Waals surface area contributed by atoms with Crippen LogP contribution >= 0.6 is 0 Å². The molecule has 5 rings (SSSR count).